The summed E-state index contributed by atoms with van der Waals surface area (Å²) in [5.74, 6) is -0.795. The van der Waals surface area contributed by atoms with Crippen molar-refractivity contribution >= 4 is 17.3 Å². The highest BCUT2D eigenvalue weighted by molar-refractivity contribution is 6.04. The smallest absolute Gasteiger partial charge is 0.257 e. The number of halogens is 1. The SMILES string of the molecule is CCC1CCCCN1c1cncc(C(=O)Nc2ccccc2F)c1. The largest absolute Gasteiger partial charge is 0.367 e. The van der Waals surface area contributed by atoms with E-state index in [1.807, 2.05) is 6.07 Å². The molecule has 0 bridgehead atoms. The lowest BCUT2D eigenvalue weighted by atomic mass is 9.99. The molecule has 0 aliphatic carbocycles. The second-order valence-electron chi connectivity index (χ2n) is 6.12. The van der Waals surface area contributed by atoms with Crippen LogP contribution >= 0.6 is 0 Å². The van der Waals surface area contributed by atoms with Crippen LogP contribution < -0.4 is 10.2 Å². The van der Waals surface area contributed by atoms with Gasteiger partial charge in [-0.15, -0.1) is 0 Å². The first-order chi connectivity index (χ1) is 11.7. The molecule has 1 aliphatic heterocycles. The number of rotatable bonds is 4. The first-order valence-corrected chi connectivity index (χ1v) is 8.46. The molecule has 1 N–H and O–H groups in total. The predicted molar refractivity (Wildman–Crippen MR) is 93.9 cm³/mol. The molecule has 126 valence electrons. The zero-order valence-corrected chi connectivity index (χ0v) is 13.8. The normalized spacial score (nSPS) is 17.6. The number of nitrogens with one attached hydrogen (secondary N) is 1. The lowest BCUT2D eigenvalue weighted by molar-refractivity contribution is 0.102. The number of benzene rings is 1. The average molecular weight is 327 g/mol. The maximum absolute atomic E-state index is 13.7. The summed E-state index contributed by atoms with van der Waals surface area (Å²) in [6.45, 7) is 3.17. The van der Waals surface area contributed by atoms with Crippen molar-refractivity contribution in [2.45, 2.75) is 38.6 Å². The molecule has 4 nitrogen and oxygen atoms in total. The van der Waals surface area contributed by atoms with Crippen LogP contribution in [0.2, 0.25) is 0 Å². The molecule has 0 saturated carbocycles. The van der Waals surface area contributed by atoms with Gasteiger partial charge in [-0.2, -0.15) is 0 Å². The highest BCUT2D eigenvalue weighted by Crippen LogP contribution is 2.26. The molecule has 1 saturated heterocycles. The Kier molecular flexibility index (Phi) is 5.08. The van der Waals surface area contributed by atoms with Gasteiger partial charge in [0.25, 0.3) is 5.91 Å². The molecule has 1 aliphatic rings. The number of piperidine rings is 1. The van der Waals surface area contributed by atoms with Crippen molar-refractivity contribution < 1.29 is 9.18 Å². The average Bonchev–Trinajstić information content (AvgIpc) is 2.63. The lowest BCUT2D eigenvalue weighted by Gasteiger charge is -2.37. The second kappa shape index (κ2) is 7.43. The molecule has 2 aromatic rings. The Morgan fingerprint density at radius 1 is 1.33 bits per heavy atom. The van der Waals surface area contributed by atoms with E-state index < -0.39 is 5.82 Å². The summed E-state index contributed by atoms with van der Waals surface area (Å²) in [6.07, 6.45) is 7.96. The molecule has 0 spiro atoms. The summed E-state index contributed by atoms with van der Waals surface area (Å²) in [5.41, 5.74) is 1.58. The molecule has 24 heavy (non-hydrogen) atoms. The summed E-state index contributed by atoms with van der Waals surface area (Å²) in [4.78, 5) is 19.0. The fourth-order valence-electron chi connectivity index (χ4n) is 3.23. The van der Waals surface area contributed by atoms with Crippen LogP contribution in [0.1, 0.15) is 43.0 Å². The predicted octanol–water partition coefficient (Wildman–Crippen LogP) is 4.24. The molecule has 1 aromatic heterocycles. The van der Waals surface area contributed by atoms with Crippen LogP contribution in [0.15, 0.2) is 42.7 Å². The maximum atomic E-state index is 13.7. The van der Waals surface area contributed by atoms with Gasteiger partial charge in [0.05, 0.1) is 23.1 Å². The van der Waals surface area contributed by atoms with Crippen molar-refractivity contribution in [3.63, 3.8) is 0 Å². The number of para-hydroxylation sites is 1. The topological polar surface area (TPSA) is 45.2 Å². The zero-order chi connectivity index (χ0) is 16.9. The van der Waals surface area contributed by atoms with E-state index in [0.29, 0.717) is 11.6 Å². The van der Waals surface area contributed by atoms with Crippen molar-refractivity contribution in [3.8, 4) is 0 Å². The quantitative estimate of drug-likeness (QED) is 0.913. The van der Waals surface area contributed by atoms with Crippen LogP contribution in [0.3, 0.4) is 0 Å². The van der Waals surface area contributed by atoms with Crippen molar-refractivity contribution in [1.29, 1.82) is 0 Å². The Morgan fingerprint density at radius 3 is 2.96 bits per heavy atom. The Morgan fingerprint density at radius 2 is 2.17 bits per heavy atom. The molecule has 1 atom stereocenters. The fourth-order valence-corrected chi connectivity index (χ4v) is 3.23. The van der Waals surface area contributed by atoms with Gasteiger partial charge in [0, 0.05) is 18.8 Å². The third-order valence-corrected chi connectivity index (χ3v) is 4.54. The molecule has 1 unspecified atom stereocenters. The zero-order valence-electron chi connectivity index (χ0n) is 13.8. The summed E-state index contributed by atoms with van der Waals surface area (Å²) in [7, 11) is 0. The number of carbonyl (C=O) groups is 1. The van der Waals surface area contributed by atoms with Crippen LogP contribution in [0.5, 0.6) is 0 Å². The highest BCUT2D eigenvalue weighted by Gasteiger charge is 2.22. The number of hydrogen-bond acceptors (Lipinski definition) is 3. The number of aromatic nitrogens is 1. The van der Waals surface area contributed by atoms with Gasteiger partial charge >= 0.3 is 0 Å². The number of carbonyl (C=O) groups excluding carboxylic acids is 1. The van der Waals surface area contributed by atoms with Gasteiger partial charge in [-0.3, -0.25) is 9.78 Å². The maximum Gasteiger partial charge on any atom is 0.257 e. The van der Waals surface area contributed by atoms with Gasteiger partial charge in [-0.1, -0.05) is 19.1 Å². The van der Waals surface area contributed by atoms with E-state index in [-0.39, 0.29) is 11.6 Å². The molecule has 1 aromatic carbocycles. The van der Waals surface area contributed by atoms with Crippen LogP contribution in [-0.2, 0) is 0 Å². The molecular formula is C19H22FN3O. The monoisotopic (exact) mass is 327 g/mol. The van der Waals surface area contributed by atoms with Crippen LogP contribution in [0.4, 0.5) is 15.8 Å². The summed E-state index contributed by atoms with van der Waals surface area (Å²) >= 11 is 0. The number of anilines is 2. The third-order valence-electron chi connectivity index (χ3n) is 4.54. The van der Waals surface area contributed by atoms with Gasteiger partial charge < -0.3 is 10.2 Å². The molecule has 1 amide bonds. The van der Waals surface area contributed by atoms with Crippen molar-refractivity contribution in [2.75, 3.05) is 16.8 Å². The summed E-state index contributed by atoms with van der Waals surface area (Å²) < 4.78 is 13.7. The van der Waals surface area contributed by atoms with Crippen molar-refractivity contribution in [2.24, 2.45) is 0 Å². The Balaban J connectivity index is 1.79. The van der Waals surface area contributed by atoms with Gasteiger partial charge in [0.2, 0.25) is 0 Å². The van der Waals surface area contributed by atoms with E-state index in [1.54, 1.807) is 24.4 Å². The van der Waals surface area contributed by atoms with E-state index in [4.69, 9.17) is 0 Å². The van der Waals surface area contributed by atoms with E-state index in [9.17, 15) is 9.18 Å². The van der Waals surface area contributed by atoms with E-state index in [1.165, 1.54) is 25.1 Å². The van der Waals surface area contributed by atoms with Crippen molar-refractivity contribution in [1.82, 2.24) is 4.98 Å². The van der Waals surface area contributed by atoms with Crippen molar-refractivity contribution in [3.05, 3.63) is 54.1 Å². The first kappa shape index (κ1) is 16.4. The minimum Gasteiger partial charge on any atom is -0.367 e. The Bertz CT molecular complexity index is 719. The number of amides is 1. The van der Waals surface area contributed by atoms with E-state index in [0.717, 1.165) is 25.1 Å². The standard InChI is InChI=1S/C19H22FN3O/c1-2-15-7-5-6-10-23(15)16-11-14(12-21-13-16)19(24)22-18-9-4-3-8-17(18)20/h3-4,8-9,11-13,15H,2,5-7,10H2,1H3,(H,22,24). The lowest BCUT2D eigenvalue weighted by Crippen LogP contribution is -2.39. The molecular weight excluding hydrogens is 305 g/mol. The van der Waals surface area contributed by atoms with E-state index in [2.05, 4.69) is 22.1 Å². The fraction of sp³-hybridized carbons (Fsp3) is 0.368. The van der Waals surface area contributed by atoms with Crippen LogP contribution in [0, 0.1) is 5.82 Å². The number of nitrogens with zero attached hydrogens (tertiary/aromatic N) is 2. The third kappa shape index (κ3) is 3.55. The highest BCUT2D eigenvalue weighted by atomic mass is 19.1. The summed E-state index contributed by atoms with van der Waals surface area (Å²) in [6, 6.07) is 8.48. The molecule has 2 heterocycles. The second-order valence-corrected chi connectivity index (χ2v) is 6.12. The Labute approximate surface area is 141 Å². The summed E-state index contributed by atoms with van der Waals surface area (Å²) in [5, 5.41) is 2.61. The minimum absolute atomic E-state index is 0.178. The van der Waals surface area contributed by atoms with Crippen LogP contribution in [-0.4, -0.2) is 23.5 Å². The molecule has 0 radical (unpaired) electrons. The van der Waals surface area contributed by atoms with Gasteiger partial charge in [0.1, 0.15) is 5.82 Å². The van der Waals surface area contributed by atoms with E-state index >= 15 is 0 Å². The number of pyridine rings is 1. The minimum atomic E-state index is -0.447. The Hall–Kier alpha value is -2.43. The van der Waals surface area contributed by atoms with Gasteiger partial charge in [-0.25, -0.2) is 4.39 Å². The first-order valence-electron chi connectivity index (χ1n) is 8.46. The van der Waals surface area contributed by atoms with Gasteiger partial charge in [0.15, 0.2) is 0 Å². The molecule has 5 heteroatoms. The van der Waals surface area contributed by atoms with Gasteiger partial charge in [-0.05, 0) is 43.9 Å². The number of hydrogen-bond donors (Lipinski definition) is 1. The van der Waals surface area contributed by atoms with Crippen LogP contribution in [0.25, 0.3) is 0 Å². The molecule has 3 rings (SSSR count). The molecule has 1 fully saturated rings.